The van der Waals surface area contributed by atoms with Crippen LogP contribution in [0.1, 0.15) is 11.5 Å². The summed E-state index contributed by atoms with van der Waals surface area (Å²) in [6.45, 7) is 3.74. The molecule has 2 aromatic rings. The van der Waals surface area contributed by atoms with Gasteiger partial charge in [0.15, 0.2) is 0 Å². The molecule has 100 valence electrons. The van der Waals surface area contributed by atoms with Crippen molar-refractivity contribution in [3.8, 4) is 10.8 Å². The average molecular weight is 278 g/mol. The zero-order valence-electron chi connectivity index (χ0n) is 10.5. The molecule has 0 unspecified atom stereocenters. The van der Waals surface area contributed by atoms with Crippen LogP contribution in [0.15, 0.2) is 21.9 Å². The summed E-state index contributed by atoms with van der Waals surface area (Å²) in [4.78, 5) is 18.3. The van der Waals surface area contributed by atoms with Crippen LogP contribution in [0, 0.1) is 12.8 Å². The first-order chi connectivity index (χ1) is 9.13. The quantitative estimate of drug-likeness (QED) is 0.929. The highest BCUT2D eigenvalue weighted by molar-refractivity contribution is 7.13. The lowest BCUT2D eigenvalue weighted by Crippen LogP contribution is -2.49. The normalized spacial score (nSPS) is 16.5. The van der Waals surface area contributed by atoms with Crippen molar-refractivity contribution in [3.05, 3.63) is 29.0 Å². The second-order valence-corrected chi connectivity index (χ2v) is 5.68. The van der Waals surface area contributed by atoms with E-state index >= 15 is 0 Å². The number of aromatic nitrogens is 1. The van der Waals surface area contributed by atoms with E-state index in [9.17, 15) is 4.79 Å². The number of nitrogens with zero attached hydrogens (tertiary/aromatic N) is 2. The molecule has 0 bridgehead atoms. The zero-order chi connectivity index (χ0) is 13.4. The minimum atomic E-state index is -0.715. The number of thiophene rings is 1. The fraction of sp³-hybridized carbons (Fsp3) is 0.385. The Morgan fingerprint density at radius 1 is 1.63 bits per heavy atom. The molecule has 5 nitrogen and oxygen atoms in total. The van der Waals surface area contributed by atoms with E-state index in [4.69, 9.17) is 9.52 Å². The molecule has 0 spiro atoms. The molecule has 2 aromatic heterocycles. The molecule has 1 aliphatic heterocycles. The van der Waals surface area contributed by atoms with Gasteiger partial charge in [-0.05, 0) is 18.4 Å². The third-order valence-electron chi connectivity index (χ3n) is 3.30. The van der Waals surface area contributed by atoms with Crippen molar-refractivity contribution in [2.24, 2.45) is 5.92 Å². The summed E-state index contributed by atoms with van der Waals surface area (Å²) in [5.41, 5.74) is 0.896. The van der Waals surface area contributed by atoms with Crippen LogP contribution in [0.3, 0.4) is 0 Å². The first-order valence-electron chi connectivity index (χ1n) is 6.09. The van der Waals surface area contributed by atoms with E-state index in [1.165, 1.54) is 0 Å². The summed E-state index contributed by atoms with van der Waals surface area (Å²) in [6.07, 6.45) is 0. The van der Waals surface area contributed by atoms with Crippen molar-refractivity contribution in [1.82, 2.24) is 9.88 Å². The van der Waals surface area contributed by atoms with E-state index in [0.29, 0.717) is 25.5 Å². The van der Waals surface area contributed by atoms with Crippen LogP contribution in [0.4, 0.5) is 0 Å². The van der Waals surface area contributed by atoms with Crippen LogP contribution in [0.5, 0.6) is 0 Å². The van der Waals surface area contributed by atoms with Crippen LogP contribution in [-0.2, 0) is 11.3 Å². The van der Waals surface area contributed by atoms with Crippen molar-refractivity contribution >= 4 is 17.3 Å². The zero-order valence-corrected chi connectivity index (χ0v) is 11.3. The van der Waals surface area contributed by atoms with E-state index in [0.717, 1.165) is 16.3 Å². The number of aryl methyl sites for hydroxylation is 1. The topological polar surface area (TPSA) is 66.6 Å². The number of carboxylic acid groups (broad SMARTS) is 1. The number of likely N-dealkylation sites (tertiary alicyclic amines) is 1. The first kappa shape index (κ1) is 12.4. The second kappa shape index (κ2) is 4.79. The van der Waals surface area contributed by atoms with Gasteiger partial charge >= 0.3 is 5.97 Å². The Morgan fingerprint density at radius 3 is 3.05 bits per heavy atom. The van der Waals surface area contributed by atoms with Gasteiger partial charge in [0.1, 0.15) is 5.76 Å². The number of rotatable bonds is 4. The van der Waals surface area contributed by atoms with Crippen molar-refractivity contribution < 1.29 is 14.3 Å². The molecule has 3 heterocycles. The van der Waals surface area contributed by atoms with Gasteiger partial charge in [0.05, 0.1) is 16.5 Å². The number of hydrogen-bond acceptors (Lipinski definition) is 5. The Balaban J connectivity index is 1.68. The molecule has 1 saturated heterocycles. The fourth-order valence-electron chi connectivity index (χ4n) is 2.15. The van der Waals surface area contributed by atoms with E-state index in [2.05, 4.69) is 9.88 Å². The van der Waals surface area contributed by atoms with Crippen molar-refractivity contribution in [2.45, 2.75) is 13.5 Å². The summed E-state index contributed by atoms with van der Waals surface area (Å²) in [6, 6.07) is 3.94. The van der Waals surface area contributed by atoms with Gasteiger partial charge in [0.2, 0.25) is 5.89 Å². The summed E-state index contributed by atoms with van der Waals surface area (Å²) < 4.78 is 5.66. The Bertz CT molecular complexity index is 585. The van der Waals surface area contributed by atoms with Gasteiger partial charge in [-0.25, -0.2) is 4.98 Å². The molecule has 19 heavy (non-hydrogen) atoms. The molecule has 0 amide bonds. The minimum Gasteiger partial charge on any atom is -0.481 e. The lowest BCUT2D eigenvalue weighted by molar-refractivity contribution is -0.147. The SMILES string of the molecule is Cc1oc(-c2cccs2)nc1CN1CC(C(=O)O)C1. The number of carbonyl (C=O) groups is 1. The maximum absolute atomic E-state index is 10.7. The van der Waals surface area contributed by atoms with Gasteiger partial charge in [-0.2, -0.15) is 0 Å². The summed E-state index contributed by atoms with van der Waals surface area (Å²) >= 11 is 1.59. The molecular weight excluding hydrogens is 264 g/mol. The van der Waals surface area contributed by atoms with Crippen molar-refractivity contribution in [1.29, 1.82) is 0 Å². The van der Waals surface area contributed by atoms with E-state index in [-0.39, 0.29) is 5.92 Å². The number of oxazole rings is 1. The van der Waals surface area contributed by atoms with E-state index in [1.54, 1.807) is 11.3 Å². The maximum atomic E-state index is 10.7. The molecule has 1 fully saturated rings. The predicted octanol–water partition coefficient (Wildman–Crippen LogP) is 2.23. The highest BCUT2D eigenvalue weighted by Crippen LogP contribution is 2.27. The Morgan fingerprint density at radius 2 is 2.42 bits per heavy atom. The highest BCUT2D eigenvalue weighted by Gasteiger charge is 2.33. The van der Waals surface area contributed by atoms with Crippen LogP contribution in [-0.4, -0.2) is 34.0 Å². The number of carboxylic acids is 1. The van der Waals surface area contributed by atoms with Crippen LogP contribution < -0.4 is 0 Å². The smallest absolute Gasteiger partial charge is 0.309 e. The van der Waals surface area contributed by atoms with Crippen LogP contribution >= 0.6 is 11.3 Å². The van der Waals surface area contributed by atoms with Gasteiger partial charge in [0.25, 0.3) is 0 Å². The highest BCUT2D eigenvalue weighted by atomic mass is 32.1. The van der Waals surface area contributed by atoms with Crippen molar-refractivity contribution in [2.75, 3.05) is 13.1 Å². The summed E-state index contributed by atoms with van der Waals surface area (Å²) in [5, 5.41) is 10.8. The molecule has 6 heteroatoms. The molecule has 0 atom stereocenters. The summed E-state index contributed by atoms with van der Waals surface area (Å²) in [5.74, 6) is 0.511. The minimum absolute atomic E-state index is 0.232. The van der Waals surface area contributed by atoms with Gasteiger partial charge in [-0.1, -0.05) is 6.07 Å². The number of aliphatic carboxylic acids is 1. The summed E-state index contributed by atoms with van der Waals surface area (Å²) in [7, 11) is 0. The molecular formula is C13H14N2O3S. The molecule has 0 aliphatic carbocycles. The number of hydrogen-bond donors (Lipinski definition) is 1. The van der Waals surface area contributed by atoms with Crippen LogP contribution in [0.25, 0.3) is 10.8 Å². The third-order valence-corrected chi connectivity index (χ3v) is 4.16. The van der Waals surface area contributed by atoms with E-state index in [1.807, 2.05) is 24.4 Å². The standard InChI is InChI=1S/C13H14N2O3S/c1-8-10(7-15-5-9(6-15)13(16)17)14-12(18-8)11-3-2-4-19-11/h2-4,9H,5-7H2,1H3,(H,16,17). The molecule has 3 rings (SSSR count). The average Bonchev–Trinajstić information content (AvgIpc) is 2.91. The largest absolute Gasteiger partial charge is 0.481 e. The molecule has 1 N–H and O–H groups in total. The Labute approximate surface area is 114 Å². The first-order valence-corrected chi connectivity index (χ1v) is 6.97. The monoisotopic (exact) mass is 278 g/mol. The van der Waals surface area contributed by atoms with Gasteiger partial charge < -0.3 is 9.52 Å². The lowest BCUT2D eigenvalue weighted by Gasteiger charge is -2.35. The van der Waals surface area contributed by atoms with Gasteiger partial charge in [0, 0.05) is 19.6 Å². The molecule has 0 aromatic carbocycles. The predicted molar refractivity (Wildman–Crippen MR) is 71.0 cm³/mol. The van der Waals surface area contributed by atoms with Crippen LogP contribution in [0.2, 0.25) is 0 Å². The van der Waals surface area contributed by atoms with Gasteiger partial charge in [-0.15, -0.1) is 11.3 Å². The Kier molecular flexibility index (Phi) is 3.12. The molecule has 0 radical (unpaired) electrons. The Hall–Kier alpha value is -1.66. The maximum Gasteiger partial charge on any atom is 0.309 e. The molecule has 0 saturated carbocycles. The third kappa shape index (κ3) is 2.41. The molecule has 1 aliphatic rings. The fourth-order valence-corrected chi connectivity index (χ4v) is 2.80. The second-order valence-electron chi connectivity index (χ2n) is 4.73. The van der Waals surface area contributed by atoms with Crippen molar-refractivity contribution in [3.63, 3.8) is 0 Å². The van der Waals surface area contributed by atoms with Gasteiger partial charge in [-0.3, -0.25) is 9.69 Å². The lowest BCUT2D eigenvalue weighted by atomic mass is 10.0. The van der Waals surface area contributed by atoms with E-state index < -0.39 is 5.97 Å².